The molecule has 0 bridgehead atoms. The molecule has 0 aromatic heterocycles. The van der Waals surface area contributed by atoms with Crippen LogP contribution in [0, 0.1) is 34.0 Å². The zero-order valence-electron chi connectivity index (χ0n) is 30.8. The van der Waals surface area contributed by atoms with Crippen molar-refractivity contribution < 1.29 is 38.9 Å². The number of carbonyl (C=O) groups excluding carboxylic acids is 3. The number of ether oxygens (including phenoxy) is 2. The molecule has 0 aliphatic heterocycles. The van der Waals surface area contributed by atoms with Gasteiger partial charge >= 0.3 is 11.9 Å². The molecule has 0 aliphatic carbocycles. The molecule has 0 fully saturated rings. The summed E-state index contributed by atoms with van der Waals surface area (Å²) in [6, 6.07) is 5.99. The van der Waals surface area contributed by atoms with Gasteiger partial charge in [0.25, 0.3) is 0 Å². The van der Waals surface area contributed by atoms with Crippen LogP contribution in [-0.4, -0.2) is 54.0 Å². The van der Waals surface area contributed by atoms with Crippen molar-refractivity contribution in [3.05, 3.63) is 47.7 Å². The molecule has 0 spiro atoms. The minimum atomic E-state index is -1.16. The van der Waals surface area contributed by atoms with E-state index in [1.54, 1.807) is 12.1 Å². The highest BCUT2D eigenvalue weighted by molar-refractivity contribution is 6.02. The van der Waals surface area contributed by atoms with Crippen molar-refractivity contribution in [1.29, 1.82) is 0 Å². The van der Waals surface area contributed by atoms with Crippen molar-refractivity contribution in [3.63, 3.8) is 0 Å². The lowest BCUT2D eigenvalue weighted by Gasteiger charge is -2.42. The molecule has 0 aliphatic rings. The maximum atomic E-state index is 12.2. The fourth-order valence-electron chi connectivity index (χ4n) is 5.27. The summed E-state index contributed by atoms with van der Waals surface area (Å²) in [6.07, 6.45) is 5.04. The fourth-order valence-corrected chi connectivity index (χ4v) is 5.27. The second-order valence-electron chi connectivity index (χ2n) is 14.8. The number of carboxylic acid groups (broad SMARTS) is 1. The summed E-state index contributed by atoms with van der Waals surface area (Å²) < 4.78 is 11.1. The number of Topliss-reactive ketones (excluding diaryl/α,β-unsaturated/α-hetero) is 1. The van der Waals surface area contributed by atoms with Gasteiger partial charge in [0, 0.05) is 30.3 Å². The lowest BCUT2D eigenvalue weighted by molar-refractivity contribution is -0.123. The van der Waals surface area contributed by atoms with Crippen molar-refractivity contribution in [2.45, 2.75) is 115 Å². The van der Waals surface area contributed by atoms with Crippen LogP contribution >= 0.6 is 0 Å². The van der Waals surface area contributed by atoms with E-state index in [4.69, 9.17) is 14.6 Å². The van der Waals surface area contributed by atoms with Crippen LogP contribution in [0.1, 0.15) is 136 Å². The minimum Gasteiger partial charge on any atom is -0.494 e. The lowest BCUT2D eigenvalue weighted by atomic mass is 9.65. The highest BCUT2D eigenvalue weighted by atomic mass is 16.6. The van der Waals surface area contributed by atoms with E-state index < -0.39 is 11.9 Å². The SMILES string of the molecule is C=C(OCCOC(=O)c1ccccc1C(=O)O)C(CC)(CC(C)(C)C)C(C)C.CC(C=O)CC(C)(C)C.CCC(C)C(=O)CCO. The van der Waals surface area contributed by atoms with Crippen molar-refractivity contribution >= 4 is 24.0 Å². The Hall–Kier alpha value is -3.00. The number of allylic oxidation sites excluding steroid dienone is 1. The molecule has 1 rings (SSSR count). The third kappa shape index (κ3) is 18.2. The van der Waals surface area contributed by atoms with Gasteiger partial charge in [0.15, 0.2) is 0 Å². The van der Waals surface area contributed by atoms with E-state index in [1.165, 1.54) is 12.1 Å². The molecule has 8 heteroatoms. The molecule has 264 valence electrons. The third-order valence-electron chi connectivity index (χ3n) is 7.79. The van der Waals surface area contributed by atoms with Crippen LogP contribution in [0.25, 0.3) is 0 Å². The molecule has 46 heavy (non-hydrogen) atoms. The van der Waals surface area contributed by atoms with Crippen molar-refractivity contribution in [1.82, 2.24) is 0 Å². The van der Waals surface area contributed by atoms with Crippen LogP contribution in [0.5, 0.6) is 0 Å². The van der Waals surface area contributed by atoms with Gasteiger partial charge in [-0.05, 0) is 54.6 Å². The van der Waals surface area contributed by atoms with E-state index >= 15 is 0 Å². The monoisotopic (exact) mass is 648 g/mol. The highest BCUT2D eigenvalue weighted by Crippen LogP contribution is 2.47. The van der Waals surface area contributed by atoms with E-state index in [1.807, 2.05) is 20.8 Å². The summed E-state index contributed by atoms with van der Waals surface area (Å²) in [5.74, 6) is -0.269. The Bertz CT molecular complexity index is 1080. The number of rotatable bonds is 16. The molecule has 1 aromatic carbocycles. The number of benzene rings is 1. The average Bonchev–Trinajstić information content (AvgIpc) is 2.96. The summed E-state index contributed by atoms with van der Waals surface area (Å²) in [6.45, 7) is 29.7. The van der Waals surface area contributed by atoms with Crippen molar-refractivity contribution in [2.24, 2.45) is 34.0 Å². The van der Waals surface area contributed by atoms with Gasteiger partial charge in [0.1, 0.15) is 25.3 Å². The Balaban J connectivity index is 0. The summed E-state index contributed by atoms with van der Waals surface area (Å²) in [4.78, 5) is 44.4. The topological polar surface area (TPSA) is 127 Å². The maximum Gasteiger partial charge on any atom is 0.339 e. The van der Waals surface area contributed by atoms with Crippen LogP contribution < -0.4 is 0 Å². The van der Waals surface area contributed by atoms with E-state index in [0.29, 0.717) is 23.5 Å². The van der Waals surface area contributed by atoms with E-state index in [-0.39, 0.29) is 59.4 Å². The summed E-state index contributed by atoms with van der Waals surface area (Å²) >= 11 is 0. The van der Waals surface area contributed by atoms with Crippen molar-refractivity contribution in [2.75, 3.05) is 19.8 Å². The summed E-state index contributed by atoms with van der Waals surface area (Å²) in [7, 11) is 0. The standard InChI is InChI=1S/C23H34O5.C8H16O.C7H14O2/c1-8-23(16(2)3,15-22(5,6)7)17(4)27-13-14-28-21(26)19-12-10-9-11-18(19)20(24)25;1-7(6-9)5-8(2,3)4;1-3-6(2)7(9)4-5-8/h9-12,16H,4,8,13-15H2,1-3,5-7H3,(H,24,25);6-7H,5H2,1-4H3;6,8H,3-5H2,1-2H3. The van der Waals surface area contributed by atoms with Crippen LogP contribution in [0.4, 0.5) is 0 Å². The predicted molar refractivity (Wildman–Crippen MR) is 186 cm³/mol. The van der Waals surface area contributed by atoms with Gasteiger partial charge in [0.2, 0.25) is 0 Å². The van der Waals surface area contributed by atoms with Gasteiger partial charge in [-0.15, -0.1) is 0 Å². The van der Waals surface area contributed by atoms with Gasteiger partial charge in [-0.25, -0.2) is 9.59 Å². The van der Waals surface area contributed by atoms with Crippen LogP contribution in [0.3, 0.4) is 0 Å². The predicted octanol–water partition coefficient (Wildman–Crippen LogP) is 8.80. The number of hydrogen-bond donors (Lipinski definition) is 2. The van der Waals surface area contributed by atoms with E-state index in [9.17, 15) is 24.3 Å². The van der Waals surface area contributed by atoms with Gasteiger partial charge in [-0.2, -0.15) is 0 Å². The summed E-state index contributed by atoms with van der Waals surface area (Å²) in [5, 5.41) is 17.5. The molecule has 0 amide bonds. The molecule has 2 N–H and O–H groups in total. The van der Waals surface area contributed by atoms with Gasteiger partial charge in [0.05, 0.1) is 16.9 Å². The first kappa shape index (κ1) is 45.1. The van der Waals surface area contributed by atoms with Crippen LogP contribution in [-0.2, 0) is 19.1 Å². The second-order valence-corrected chi connectivity index (χ2v) is 14.8. The first-order chi connectivity index (χ1) is 21.1. The molecule has 0 saturated carbocycles. The largest absolute Gasteiger partial charge is 0.494 e. The first-order valence-corrected chi connectivity index (χ1v) is 16.5. The quantitative estimate of drug-likeness (QED) is 0.0788. The van der Waals surface area contributed by atoms with Crippen LogP contribution in [0.2, 0.25) is 0 Å². The molecule has 1 aromatic rings. The summed E-state index contributed by atoms with van der Waals surface area (Å²) in [5.41, 5.74) is 0.220. The van der Waals surface area contributed by atoms with Gasteiger partial charge in [-0.1, -0.05) is 102 Å². The molecule has 0 radical (unpaired) electrons. The molecule has 0 heterocycles. The van der Waals surface area contributed by atoms with Gasteiger partial charge in [-0.3, -0.25) is 4.79 Å². The van der Waals surface area contributed by atoms with Crippen LogP contribution in [0.15, 0.2) is 36.6 Å². The van der Waals surface area contributed by atoms with E-state index in [2.05, 4.69) is 68.9 Å². The zero-order valence-corrected chi connectivity index (χ0v) is 30.8. The molecule has 3 unspecified atom stereocenters. The second kappa shape index (κ2) is 21.7. The number of aliphatic hydroxyl groups excluding tert-OH is 1. The number of aldehydes is 1. The number of carboxylic acids is 1. The van der Waals surface area contributed by atoms with Gasteiger partial charge < -0.3 is 24.5 Å². The Morgan fingerprint density at radius 3 is 1.78 bits per heavy atom. The van der Waals surface area contributed by atoms with Crippen molar-refractivity contribution in [3.8, 4) is 0 Å². The smallest absolute Gasteiger partial charge is 0.339 e. The zero-order chi connectivity index (χ0) is 36.3. The fraction of sp³-hybridized carbons (Fsp3) is 0.684. The number of aliphatic hydroxyl groups is 1. The normalized spacial score (nSPS) is 13.9. The number of esters is 1. The molecule has 8 nitrogen and oxygen atoms in total. The number of aromatic carboxylic acids is 1. The molecular weight excluding hydrogens is 584 g/mol. The minimum absolute atomic E-state index is 0.0107. The molecule has 3 atom stereocenters. The highest BCUT2D eigenvalue weighted by Gasteiger charge is 2.40. The number of ketones is 1. The molecular formula is C38H64O8. The lowest BCUT2D eigenvalue weighted by Crippen LogP contribution is -2.34. The Labute approximate surface area is 279 Å². The number of hydrogen-bond acceptors (Lipinski definition) is 7. The third-order valence-corrected chi connectivity index (χ3v) is 7.79. The average molecular weight is 649 g/mol. The Morgan fingerprint density at radius 2 is 1.41 bits per heavy atom. The first-order valence-electron chi connectivity index (χ1n) is 16.5. The maximum absolute atomic E-state index is 12.2. The Morgan fingerprint density at radius 1 is 0.891 bits per heavy atom. The Kier molecular flexibility index (Phi) is 21.3. The number of carbonyl (C=O) groups is 4. The van der Waals surface area contributed by atoms with E-state index in [0.717, 1.165) is 32.0 Å². The molecule has 0 saturated heterocycles.